The fourth-order valence-electron chi connectivity index (χ4n) is 4.12. The van der Waals surface area contributed by atoms with Crippen LogP contribution in [0.2, 0.25) is 5.02 Å². The third kappa shape index (κ3) is 6.04. The monoisotopic (exact) mass is 553 g/mol. The minimum absolute atomic E-state index is 0.200. The Morgan fingerprint density at radius 1 is 1.03 bits per heavy atom. The molecule has 0 unspecified atom stereocenters. The van der Waals surface area contributed by atoms with Gasteiger partial charge in [0.05, 0.1) is 22.0 Å². The number of ether oxygens (including phenoxy) is 1. The van der Waals surface area contributed by atoms with E-state index in [1.165, 1.54) is 6.26 Å². The van der Waals surface area contributed by atoms with Crippen molar-refractivity contribution in [1.29, 1.82) is 5.26 Å². The van der Waals surface area contributed by atoms with Gasteiger partial charge in [0.15, 0.2) is 15.6 Å². The minimum Gasteiger partial charge on any atom is -0.489 e. The zero-order valence-electron chi connectivity index (χ0n) is 20.6. The van der Waals surface area contributed by atoms with Gasteiger partial charge in [0.2, 0.25) is 0 Å². The number of hydrogen-bond acceptors (Lipinski definition) is 6. The first-order chi connectivity index (χ1) is 17.5. The first-order valence-corrected chi connectivity index (χ1v) is 14.5. The molecule has 3 aromatic carbocycles. The van der Waals surface area contributed by atoms with Crippen molar-refractivity contribution in [3.8, 4) is 22.9 Å². The summed E-state index contributed by atoms with van der Waals surface area (Å²) >= 11 is 12.2. The number of benzene rings is 3. The summed E-state index contributed by atoms with van der Waals surface area (Å²) in [6.07, 6.45) is 2.81. The molecule has 0 spiro atoms. The Hall–Kier alpha value is -3.18. The van der Waals surface area contributed by atoms with Gasteiger partial charge in [-0.25, -0.2) is 18.4 Å². The van der Waals surface area contributed by atoms with Crippen LogP contribution in [0.25, 0.3) is 22.0 Å². The standard InChI is InChI=1S/C28H25Cl2N3O3S/c1-28(2,23-12-21(15-31)27(24(30)14-23)36-11-10-29)22-8-6-18(7-9-22)19-4-5-20-16-32-26(17-37(3,34)35)33-25(20)13-19/h4-9,12-14,16H,10-11,17H2,1-3H3. The third-order valence-corrected chi connectivity index (χ3v) is 7.39. The number of hydrogen-bond donors (Lipinski definition) is 0. The van der Waals surface area contributed by atoms with Crippen molar-refractivity contribution in [3.05, 3.63) is 88.3 Å². The van der Waals surface area contributed by atoms with Crippen molar-refractivity contribution in [1.82, 2.24) is 9.97 Å². The first kappa shape index (κ1) is 26.9. The SMILES string of the molecule is CC(C)(c1ccc(-c2ccc3cnc(CS(C)(=O)=O)nc3c2)cc1)c1cc(Cl)c(OCCCl)c(C#N)c1. The fourth-order valence-corrected chi connectivity index (χ4v) is 5.08. The van der Waals surface area contributed by atoms with E-state index in [0.717, 1.165) is 27.6 Å². The molecule has 0 aliphatic rings. The van der Waals surface area contributed by atoms with Crippen LogP contribution in [0.5, 0.6) is 5.75 Å². The quantitative estimate of drug-likeness (QED) is 0.237. The summed E-state index contributed by atoms with van der Waals surface area (Å²) in [6.45, 7) is 4.41. The lowest BCUT2D eigenvalue weighted by molar-refractivity contribution is 0.341. The van der Waals surface area contributed by atoms with Gasteiger partial charge < -0.3 is 4.74 Å². The number of fused-ring (bicyclic) bond motifs is 1. The number of nitrogens with zero attached hydrogens (tertiary/aromatic N) is 3. The number of alkyl halides is 1. The molecule has 0 saturated heterocycles. The van der Waals surface area contributed by atoms with E-state index in [2.05, 4.69) is 29.9 Å². The number of halogens is 2. The van der Waals surface area contributed by atoms with Crippen LogP contribution >= 0.6 is 23.2 Å². The van der Waals surface area contributed by atoms with E-state index in [1.54, 1.807) is 12.3 Å². The van der Waals surface area contributed by atoms with Gasteiger partial charge in [-0.1, -0.05) is 61.8 Å². The Morgan fingerprint density at radius 3 is 2.38 bits per heavy atom. The predicted molar refractivity (Wildman–Crippen MR) is 148 cm³/mol. The van der Waals surface area contributed by atoms with Gasteiger partial charge in [-0.05, 0) is 40.5 Å². The van der Waals surface area contributed by atoms with Crippen LogP contribution in [0.3, 0.4) is 0 Å². The summed E-state index contributed by atoms with van der Waals surface area (Å²) in [6, 6.07) is 19.8. The lowest BCUT2D eigenvalue weighted by Gasteiger charge is -2.27. The summed E-state index contributed by atoms with van der Waals surface area (Å²) in [4.78, 5) is 8.61. The molecule has 0 radical (unpaired) electrons. The highest BCUT2D eigenvalue weighted by atomic mass is 35.5. The van der Waals surface area contributed by atoms with Gasteiger partial charge in [0, 0.05) is 23.3 Å². The predicted octanol–water partition coefficient (Wildman–Crippen LogP) is 6.31. The van der Waals surface area contributed by atoms with E-state index in [1.807, 2.05) is 48.5 Å². The zero-order valence-corrected chi connectivity index (χ0v) is 23.0. The molecule has 0 fully saturated rings. The molecule has 190 valence electrons. The molecule has 37 heavy (non-hydrogen) atoms. The Labute approximate surface area is 226 Å². The smallest absolute Gasteiger partial charge is 0.155 e. The number of rotatable bonds is 8. The average Bonchev–Trinajstić information content (AvgIpc) is 2.86. The first-order valence-electron chi connectivity index (χ1n) is 11.5. The van der Waals surface area contributed by atoms with Crippen molar-refractivity contribution in [2.24, 2.45) is 0 Å². The van der Waals surface area contributed by atoms with Crippen LogP contribution < -0.4 is 4.74 Å². The average molecular weight is 554 g/mol. The number of aromatic nitrogens is 2. The number of sulfone groups is 1. The molecule has 0 aliphatic heterocycles. The van der Waals surface area contributed by atoms with Crippen LogP contribution in [0.4, 0.5) is 0 Å². The van der Waals surface area contributed by atoms with E-state index < -0.39 is 15.3 Å². The van der Waals surface area contributed by atoms with Gasteiger partial charge >= 0.3 is 0 Å². The van der Waals surface area contributed by atoms with Crippen molar-refractivity contribution >= 4 is 43.9 Å². The Kier molecular flexibility index (Phi) is 7.75. The lowest BCUT2D eigenvalue weighted by atomic mass is 9.77. The molecule has 1 aromatic heterocycles. The van der Waals surface area contributed by atoms with Crippen molar-refractivity contribution < 1.29 is 13.2 Å². The highest BCUT2D eigenvalue weighted by Crippen LogP contribution is 2.39. The summed E-state index contributed by atoms with van der Waals surface area (Å²) in [7, 11) is -3.23. The van der Waals surface area contributed by atoms with Crippen molar-refractivity contribution in [2.75, 3.05) is 18.7 Å². The largest absolute Gasteiger partial charge is 0.489 e. The second kappa shape index (κ2) is 10.7. The van der Waals surface area contributed by atoms with Crippen LogP contribution in [-0.2, 0) is 21.0 Å². The van der Waals surface area contributed by atoms with E-state index in [0.29, 0.717) is 27.7 Å². The maximum atomic E-state index is 11.6. The highest BCUT2D eigenvalue weighted by Gasteiger charge is 2.26. The summed E-state index contributed by atoms with van der Waals surface area (Å²) in [5.41, 5.74) is 4.50. The van der Waals surface area contributed by atoms with E-state index in [9.17, 15) is 13.7 Å². The van der Waals surface area contributed by atoms with Gasteiger partial charge in [-0.15, -0.1) is 11.6 Å². The Bertz CT molecular complexity index is 1610. The molecule has 6 nitrogen and oxygen atoms in total. The molecule has 0 atom stereocenters. The Morgan fingerprint density at radius 2 is 1.73 bits per heavy atom. The normalized spacial score (nSPS) is 11.9. The minimum atomic E-state index is -3.23. The van der Waals surface area contributed by atoms with Crippen LogP contribution in [0, 0.1) is 11.3 Å². The molecular formula is C28H25Cl2N3O3S. The summed E-state index contributed by atoms with van der Waals surface area (Å²) < 4.78 is 28.9. The fraction of sp³-hybridized carbons (Fsp3) is 0.250. The van der Waals surface area contributed by atoms with Crippen LogP contribution in [-0.4, -0.2) is 37.1 Å². The molecule has 1 heterocycles. The van der Waals surface area contributed by atoms with E-state index in [-0.39, 0.29) is 18.2 Å². The van der Waals surface area contributed by atoms with Crippen molar-refractivity contribution in [2.45, 2.75) is 25.0 Å². The molecule has 0 amide bonds. The van der Waals surface area contributed by atoms with Gasteiger partial charge in [0.25, 0.3) is 0 Å². The zero-order chi connectivity index (χ0) is 26.8. The van der Waals surface area contributed by atoms with Gasteiger partial charge in [-0.3, -0.25) is 0 Å². The maximum absolute atomic E-state index is 11.6. The topological polar surface area (TPSA) is 92.9 Å². The molecular weight excluding hydrogens is 529 g/mol. The lowest BCUT2D eigenvalue weighted by Crippen LogP contribution is -2.19. The maximum Gasteiger partial charge on any atom is 0.155 e. The number of nitriles is 1. The van der Waals surface area contributed by atoms with Crippen molar-refractivity contribution in [3.63, 3.8) is 0 Å². The second-order valence-corrected chi connectivity index (χ2v) is 12.2. The van der Waals surface area contributed by atoms with Gasteiger partial charge in [0.1, 0.15) is 24.3 Å². The molecule has 4 aromatic rings. The summed E-state index contributed by atoms with van der Waals surface area (Å²) in [5, 5.41) is 10.9. The molecule has 9 heteroatoms. The van der Waals surface area contributed by atoms with E-state index in [4.69, 9.17) is 27.9 Å². The molecule has 0 bridgehead atoms. The third-order valence-electron chi connectivity index (χ3n) is 6.17. The highest BCUT2D eigenvalue weighted by molar-refractivity contribution is 7.89. The van der Waals surface area contributed by atoms with Gasteiger partial charge in [-0.2, -0.15) is 5.26 Å². The van der Waals surface area contributed by atoms with Crippen LogP contribution in [0.15, 0.2) is 60.8 Å². The van der Waals surface area contributed by atoms with E-state index >= 15 is 0 Å². The molecule has 0 saturated carbocycles. The summed E-state index contributed by atoms with van der Waals surface area (Å²) in [5.74, 6) is 0.722. The molecule has 4 rings (SSSR count). The molecule has 0 aliphatic carbocycles. The van der Waals surface area contributed by atoms with Crippen LogP contribution in [0.1, 0.15) is 36.4 Å². The second-order valence-electron chi connectivity index (χ2n) is 9.32. The molecule has 0 N–H and O–H groups in total. The Balaban J connectivity index is 1.65.